The number of carbonyl (C=O) groups is 2. The first-order valence-corrected chi connectivity index (χ1v) is 8.98. The monoisotopic (exact) mass is 355 g/mol. The fourth-order valence-electron chi connectivity index (χ4n) is 2.78. The Kier molecular flexibility index (Phi) is 4.31. The Morgan fingerprint density at radius 3 is 2.72 bits per heavy atom. The van der Waals surface area contributed by atoms with Gasteiger partial charge in [-0.05, 0) is 36.2 Å². The van der Waals surface area contributed by atoms with Gasteiger partial charge in [0.2, 0.25) is 5.91 Å². The third-order valence-corrected chi connectivity index (χ3v) is 5.19. The average molecular weight is 355 g/mol. The standard InChI is InChI=1S/C18H17N3O3S/c22-17-15(25-18(23)20-17)9-12-4-6-14(7-5-12)24-11-13-10-21(13)16-3-1-2-8-19-16/h1-8,13,15H,9-11H2,(H,20,22,23)/t13-,15?,21?/m1/s1. The summed E-state index contributed by atoms with van der Waals surface area (Å²) in [5, 5.41) is 1.70. The predicted octanol–water partition coefficient (Wildman–Crippen LogP) is 2.24. The van der Waals surface area contributed by atoms with Crippen molar-refractivity contribution in [1.29, 1.82) is 0 Å². The number of nitrogens with zero attached hydrogens (tertiary/aromatic N) is 2. The summed E-state index contributed by atoms with van der Waals surface area (Å²) in [6, 6.07) is 13.9. The summed E-state index contributed by atoms with van der Waals surface area (Å²) in [5.41, 5.74) is 1.01. The lowest BCUT2D eigenvalue weighted by Crippen LogP contribution is -2.25. The van der Waals surface area contributed by atoms with Crippen molar-refractivity contribution in [3.63, 3.8) is 0 Å². The molecule has 0 saturated carbocycles. The number of hydrogen-bond donors (Lipinski definition) is 1. The Bertz CT molecular complexity index is 782. The Balaban J connectivity index is 1.27. The number of rotatable bonds is 6. The minimum absolute atomic E-state index is 0.210. The summed E-state index contributed by atoms with van der Waals surface area (Å²) in [6.45, 7) is 1.57. The first kappa shape index (κ1) is 16.0. The van der Waals surface area contributed by atoms with E-state index in [2.05, 4.69) is 15.2 Å². The van der Waals surface area contributed by atoms with E-state index < -0.39 is 0 Å². The van der Waals surface area contributed by atoms with Crippen LogP contribution in [0.1, 0.15) is 5.56 Å². The van der Waals surface area contributed by atoms with Gasteiger partial charge in [0.05, 0.1) is 11.3 Å². The van der Waals surface area contributed by atoms with Gasteiger partial charge in [0.25, 0.3) is 5.24 Å². The number of pyridine rings is 1. The molecule has 6 nitrogen and oxygen atoms in total. The molecule has 0 aliphatic carbocycles. The molecule has 2 amide bonds. The van der Waals surface area contributed by atoms with Crippen LogP contribution in [0.3, 0.4) is 0 Å². The van der Waals surface area contributed by atoms with E-state index in [0.29, 0.717) is 19.1 Å². The molecule has 2 aliphatic rings. The highest BCUT2D eigenvalue weighted by Gasteiger charge is 2.35. The Hall–Kier alpha value is -2.54. The van der Waals surface area contributed by atoms with Crippen LogP contribution in [0.25, 0.3) is 0 Å². The number of nitrogens with one attached hydrogen (secondary N) is 1. The van der Waals surface area contributed by atoms with Crippen LogP contribution in [-0.4, -0.2) is 40.6 Å². The van der Waals surface area contributed by atoms with Crippen LogP contribution < -0.4 is 15.0 Å². The zero-order valence-electron chi connectivity index (χ0n) is 13.4. The van der Waals surface area contributed by atoms with Gasteiger partial charge in [0, 0.05) is 12.7 Å². The van der Waals surface area contributed by atoms with E-state index >= 15 is 0 Å². The number of imide groups is 1. The molecule has 1 N–H and O–H groups in total. The molecule has 2 atom stereocenters. The molecule has 0 spiro atoms. The fraction of sp³-hybridized carbons (Fsp3) is 0.278. The first-order chi connectivity index (χ1) is 12.2. The molecule has 2 aromatic rings. The predicted molar refractivity (Wildman–Crippen MR) is 95.9 cm³/mol. The summed E-state index contributed by atoms with van der Waals surface area (Å²) < 4.78 is 5.84. The number of hydrogen-bond acceptors (Lipinski definition) is 6. The van der Waals surface area contributed by atoms with Crippen molar-refractivity contribution in [3.8, 4) is 5.75 Å². The Morgan fingerprint density at radius 2 is 2.04 bits per heavy atom. The molecular formula is C18H17N3O3S. The van der Waals surface area contributed by atoms with Crippen LogP contribution in [-0.2, 0) is 11.2 Å². The summed E-state index contributed by atoms with van der Waals surface area (Å²) in [4.78, 5) is 29.3. The first-order valence-electron chi connectivity index (χ1n) is 8.10. The maximum absolute atomic E-state index is 11.6. The van der Waals surface area contributed by atoms with Gasteiger partial charge >= 0.3 is 0 Å². The van der Waals surface area contributed by atoms with Crippen molar-refractivity contribution in [2.24, 2.45) is 0 Å². The zero-order chi connectivity index (χ0) is 17.2. The van der Waals surface area contributed by atoms with E-state index in [9.17, 15) is 9.59 Å². The highest BCUT2D eigenvalue weighted by atomic mass is 32.2. The molecule has 0 bridgehead atoms. The molecule has 128 valence electrons. The van der Waals surface area contributed by atoms with Gasteiger partial charge in [-0.15, -0.1) is 0 Å². The second-order valence-electron chi connectivity index (χ2n) is 6.04. The van der Waals surface area contributed by atoms with Crippen LogP contribution in [0.5, 0.6) is 5.75 Å². The van der Waals surface area contributed by atoms with Gasteiger partial charge in [-0.25, -0.2) is 4.98 Å². The van der Waals surface area contributed by atoms with Gasteiger partial charge in [-0.1, -0.05) is 30.0 Å². The molecule has 4 rings (SSSR count). The van der Waals surface area contributed by atoms with E-state index in [0.717, 1.165) is 35.4 Å². The molecule has 25 heavy (non-hydrogen) atoms. The van der Waals surface area contributed by atoms with Crippen LogP contribution in [0, 0.1) is 0 Å². The summed E-state index contributed by atoms with van der Waals surface area (Å²) in [6.07, 6.45) is 2.33. The molecule has 2 aliphatic heterocycles. The number of ether oxygens (including phenoxy) is 1. The van der Waals surface area contributed by atoms with Crippen LogP contribution >= 0.6 is 11.8 Å². The molecule has 2 fully saturated rings. The lowest BCUT2D eigenvalue weighted by Gasteiger charge is -2.09. The highest BCUT2D eigenvalue weighted by Crippen LogP contribution is 2.27. The summed E-state index contributed by atoms with van der Waals surface area (Å²) >= 11 is 1.05. The van der Waals surface area contributed by atoms with E-state index in [-0.39, 0.29) is 16.4 Å². The van der Waals surface area contributed by atoms with Crippen molar-refractivity contribution in [2.45, 2.75) is 17.7 Å². The summed E-state index contributed by atoms with van der Waals surface area (Å²) in [5.74, 6) is 1.57. The lowest BCUT2D eigenvalue weighted by molar-refractivity contribution is -0.118. The van der Waals surface area contributed by atoms with Gasteiger partial charge in [-0.3, -0.25) is 14.9 Å². The Labute approximate surface area is 149 Å². The number of carbonyl (C=O) groups excluding carboxylic acids is 2. The average Bonchev–Trinajstić information content (AvgIpc) is 3.34. The topological polar surface area (TPSA) is 71.3 Å². The number of benzene rings is 1. The van der Waals surface area contributed by atoms with E-state index in [1.54, 1.807) is 6.20 Å². The van der Waals surface area contributed by atoms with Crippen LogP contribution in [0.4, 0.5) is 10.6 Å². The number of aromatic nitrogens is 1. The molecule has 1 unspecified atom stereocenters. The number of thioether (sulfide) groups is 1. The molecule has 1 aromatic carbocycles. The van der Waals surface area contributed by atoms with Gasteiger partial charge < -0.3 is 9.64 Å². The summed E-state index contributed by atoms with van der Waals surface area (Å²) in [7, 11) is 0. The SMILES string of the molecule is O=C1NC(=O)C(Cc2ccc(OC[C@H]3CN3c3ccccn3)cc2)S1. The van der Waals surface area contributed by atoms with Crippen molar-refractivity contribution >= 4 is 28.7 Å². The second kappa shape index (κ2) is 6.76. The third kappa shape index (κ3) is 3.76. The quantitative estimate of drug-likeness (QED) is 0.802. The largest absolute Gasteiger partial charge is 0.491 e. The molecular weight excluding hydrogens is 338 g/mol. The maximum atomic E-state index is 11.6. The molecule has 0 radical (unpaired) electrons. The van der Waals surface area contributed by atoms with Gasteiger partial charge in [-0.2, -0.15) is 0 Å². The fourth-order valence-corrected chi connectivity index (χ4v) is 3.64. The van der Waals surface area contributed by atoms with Crippen molar-refractivity contribution < 1.29 is 14.3 Å². The number of amides is 2. The van der Waals surface area contributed by atoms with Crippen LogP contribution in [0.2, 0.25) is 0 Å². The van der Waals surface area contributed by atoms with Crippen molar-refractivity contribution in [3.05, 3.63) is 54.2 Å². The van der Waals surface area contributed by atoms with Gasteiger partial charge in [0.15, 0.2) is 0 Å². The smallest absolute Gasteiger partial charge is 0.286 e. The Morgan fingerprint density at radius 1 is 1.20 bits per heavy atom. The lowest BCUT2D eigenvalue weighted by atomic mass is 10.1. The molecule has 7 heteroatoms. The molecule has 3 heterocycles. The van der Waals surface area contributed by atoms with E-state index in [1.165, 1.54) is 0 Å². The minimum Gasteiger partial charge on any atom is -0.491 e. The molecule has 2 saturated heterocycles. The third-order valence-electron chi connectivity index (χ3n) is 4.21. The van der Waals surface area contributed by atoms with Gasteiger partial charge in [0.1, 0.15) is 18.2 Å². The normalized spacial score (nSPS) is 22.0. The van der Waals surface area contributed by atoms with E-state index in [4.69, 9.17) is 4.74 Å². The molecule has 1 aromatic heterocycles. The highest BCUT2D eigenvalue weighted by molar-refractivity contribution is 8.15. The maximum Gasteiger partial charge on any atom is 0.286 e. The van der Waals surface area contributed by atoms with E-state index in [1.807, 2.05) is 42.5 Å². The van der Waals surface area contributed by atoms with Crippen molar-refractivity contribution in [2.75, 3.05) is 18.1 Å². The van der Waals surface area contributed by atoms with Crippen LogP contribution in [0.15, 0.2) is 48.7 Å². The second-order valence-corrected chi connectivity index (χ2v) is 7.21. The number of anilines is 1. The van der Waals surface area contributed by atoms with Crippen molar-refractivity contribution in [1.82, 2.24) is 10.3 Å². The minimum atomic E-state index is -0.335. The zero-order valence-corrected chi connectivity index (χ0v) is 14.2.